The summed E-state index contributed by atoms with van der Waals surface area (Å²) in [5.41, 5.74) is -0.406. The molecule has 0 spiro atoms. The normalized spacial score (nSPS) is 14.8. The van der Waals surface area contributed by atoms with E-state index in [1.807, 2.05) is 6.92 Å². The van der Waals surface area contributed by atoms with Gasteiger partial charge in [0.05, 0.1) is 6.07 Å². The lowest BCUT2D eigenvalue weighted by Crippen LogP contribution is -2.49. The molecule has 0 saturated carbocycles. The van der Waals surface area contributed by atoms with E-state index in [2.05, 4.69) is 37.2 Å². The molecule has 0 aromatic rings. The van der Waals surface area contributed by atoms with Crippen LogP contribution in [-0.2, 0) is 0 Å². The molecule has 0 aliphatic heterocycles. The lowest BCUT2D eigenvalue weighted by Gasteiger charge is -2.28. The smallest absolute Gasteiger partial charge is 0.116 e. The summed E-state index contributed by atoms with van der Waals surface area (Å²) in [6, 6.07) is 2.38. The lowest BCUT2D eigenvalue weighted by molar-refractivity contribution is 0.256. The zero-order valence-electron chi connectivity index (χ0n) is 11.3. The monoisotopic (exact) mass is 225 g/mol. The van der Waals surface area contributed by atoms with Gasteiger partial charge in [-0.3, -0.25) is 5.32 Å². The Morgan fingerprint density at radius 2 is 1.94 bits per heavy atom. The summed E-state index contributed by atoms with van der Waals surface area (Å²) in [6.07, 6.45) is 4.81. The topological polar surface area (TPSA) is 39.1 Å². The van der Waals surface area contributed by atoms with Crippen LogP contribution in [0.25, 0.3) is 0 Å². The van der Waals surface area contributed by atoms with Gasteiger partial charge in [0.25, 0.3) is 0 Å². The van der Waals surface area contributed by atoms with Gasteiger partial charge in [0, 0.05) is 6.54 Å². The Balaban J connectivity index is 3.95. The van der Waals surface area contributed by atoms with E-state index in [9.17, 15) is 5.26 Å². The molecule has 0 aromatic heterocycles. The van der Waals surface area contributed by atoms with Crippen molar-refractivity contribution in [1.29, 1.82) is 5.26 Å². The Bertz CT molecular complexity index is 210. The molecule has 0 bridgehead atoms. The summed E-state index contributed by atoms with van der Waals surface area (Å²) >= 11 is 0. The van der Waals surface area contributed by atoms with Crippen LogP contribution in [0.5, 0.6) is 0 Å². The maximum atomic E-state index is 9.19. The van der Waals surface area contributed by atoms with E-state index in [1.165, 1.54) is 19.3 Å². The standard InChI is InChI=1S/C13H27N3/c1-5-7-8-10-16(4)12-13(3,11-14)15-9-6-2/h15H,5-10,12H2,1-4H3. The highest BCUT2D eigenvalue weighted by Gasteiger charge is 2.24. The summed E-state index contributed by atoms with van der Waals surface area (Å²) in [5.74, 6) is 0. The van der Waals surface area contributed by atoms with Crippen LogP contribution in [-0.4, -0.2) is 37.1 Å². The molecule has 0 aliphatic rings. The molecule has 0 fully saturated rings. The molecule has 94 valence electrons. The number of likely N-dealkylation sites (N-methyl/N-ethyl adjacent to an activating group) is 1. The highest BCUT2D eigenvalue weighted by atomic mass is 15.1. The fourth-order valence-corrected chi connectivity index (χ4v) is 1.78. The summed E-state index contributed by atoms with van der Waals surface area (Å²) in [6.45, 7) is 9.11. The summed E-state index contributed by atoms with van der Waals surface area (Å²) in [4.78, 5) is 2.25. The molecule has 0 amide bonds. The number of nitrogens with zero attached hydrogens (tertiary/aromatic N) is 2. The average molecular weight is 225 g/mol. The molecule has 1 unspecified atom stereocenters. The van der Waals surface area contributed by atoms with Crippen LogP contribution in [0.4, 0.5) is 0 Å². The summed E-state index contributed by atoms with van der Waals surface area (Å²) in [7, 11) is 2.10. The van der Waals surface area contributed by atoms with Crippen LogP contribution in [0.3, 0.4) is 0 Å². The van der Waals surface area contributed by atoms with E-state index < -0.39 is 5.54 Å². The van der Waals surface area contributed by atoms with Crippen LogP contribution < -0.4 is 5.32 Å². The molecule has 3 heteroatoms. The molecule has 1 atom stereocenters. The molecular weight excluding hydrogens is 198 g/mol. The maximum absolute atomic E-state index is 9.19. The molecule has 0 heterocycles. The SMILES string of the molecule is CCCCCN(C)CC(C)(C#N)NCCC. The third-order valence-electron chi connectivity index (χ3n) is 2.74. The minimum atomic E-state index is -0.406. The Morgan fingerprint density at radius 1 is 1.25 bits per heavy atom. The number of unbranched alkanes of at least 4 members (excludes halogenated alkanes) is 2. The zero-order valence-corrected chi connectivity index (χ0v) is 11.3. The van der Waals surface area contributed by atoms with E-state index in [0.717, 1.165) is 26.1 Å². The van der Waals surface area contributed by atoms with Crippen molar-refractivity contribution in [2.75, 3.05) is 26.7 Å². The average Bonchev–Trinajstić information content (AvgIpc) is 2.27. The molecule has 1 N–H and O–H groups in total. The summed E-state index contributed by atoms with van der Waals surface area (Å²) in [5, 5.41) is 12.5. The predicted molar refractivity (Wildman–Crippen MR) is 69.3 cm³/mol. The highest BCUT2D eigenvalue weighted by molar-refractivity contribution is 5.05. The minimum absolute atomic E-state index is 0.406. The lowest BCUT2D eigenvalue weighted by atomic mass is 10.0. The van der Waals surface area contributed by atoms with Gasteiger partial charge in [0.1, 0.15) is 5.54 Å². The first-order valence-electron chi connectivity index (χ1n) is 6.42. The Kier molecular flexibility index (Phi) is 8.23. The van der Waals surface area contributed by atoms with Gasteiger partial charge < -0.3 is 4.90 Å². The Hall–Kier alpha value is -0.590. The second-order valence-corrected chi connectivity index (χ2v) is 4.82. The molecule has 16 heavy (non-hydrogen) atoms. The fraction of sp³-hybridized carbons (Fsp3) is 0.923. The predicted octanol–water partition coefficient (Wildman–Crippen LogP) is 2.39. The van der Waals surface area contributed by atoms with Crippen molar-refractivity contribution < 1.29 is 0 Å². The number of rotatable bonds is 9. The molecule has 0 aromatic carbocycles. The van der Waals surface area contributed by atoms with Crippen molar-refractivity contribution in [3.63, 3.8) is 0 Å². The van der Waals surface area contributed by atoms with Crippen molar-refractivity contribution in [2.24, 2.45) is 0 Å². The number of hydrogen-bond acceptors (Lipinski definition) is 3. The van der Waals surface area contributed by atoms with Crippen LogP contribution in [0.1, 0.15) is 46.5 Å². The molecule has 0 saturated heterocycles. The van der Waals surface area contributed by atoms with Crippen LogP contribution in [0.15, 0.2) is 0 Å². The Labute approximate surface area is 101 Å². The first-order chi connectivity index (χ1) is 7.58. The van der Waals surface area contributed by atoms with E-state index in [1.54, 1.807) is 0 Å². The van der Waals surface area contributed by atoms with Gasteiger partial charge in [0.2, 0.25) is 0 Å². The van der Waals surface area contributed by atoms with Gasteiger partial charge in [-0.2, -0.15) is 5.26 Å². The second-order valence-electron chi connectivity index (χ2n) is 4.82. The van der Waals surface area contributed by atoms with Crippen LogP contribution >= 0.6 is 0 Å². The van der Waals surface area contributed by atoms with Crippen LogP contribution in [0.2, 0.25) is 0 Å². The first kappa shape index (κ1) is 15.4. The largest absolute Gasteiger partial charge is 0.303 e. The van der Waals surface area contributed by atoms with Gasteiger partial charge in [-0.1, -0.05) is 26.7 Å². The van der Waals surface area contributed by atoms with Gasteiger partial charge in [-0.25, -0.2) is 0 Å². The fourth-order valence-electron chi connectivity index (χ4n) is 1.78. The molecule has 0 aliphatic carbocycles. The quantitative estimate of drug-likeness (QED) is 0.612. The molecule has 0 rings (SSSR count). The third-order valence-corrected chi connectivity index (χ3v) is 2.74. The van der Waals surface area contributed by atoms with E-state index >= 15 is 0 Å². The van der Waals surface area contributed by atoms with Crippen molar-refractivity contribution in [3.05, 3.63) is 0 Å². The van der Waals surface area contributed by atoms with Gasteiger partial charge in [-0.15, -0.1) is 0 Å². The molecular formula is C13H27N3. The minimum Gasteiger partial charge on any atom is -0.303 e. The molecule has 3 nitrogen and oxygen atoms in total. The molecule has 0 radical (unpaired) electrons. The van der Waals surface area contributed by atoms with Gasteiger partial charge >= 0.3 is 0 Å². The third kappa shape index (κ3) is 6.81. The highest BCUT2D eigenvalue weighted by Crippen LogP contribution is 2.06. The zero-order chi connectivity index (χ0) is 12.4. The Morgan fingerprint density at radius 3 is 2.44 bits per heavy atom. The number of nitriles is 1. The van der Waals surface area contributed by atoms with Crippen molar-refractivity contribution in [1.82, 2.24) is 10.2 Å². The van der Waals surface area contributed by atoms with Crippen molar-refractivity contribution in [2.45, 2.75) is 52.0 Å². The van der Waals surface area contributed by atoms with Crippen molar-refractivity contribution in [3.8, 4) is 6.07 Å². The van der Waals surface area contributed by atoms with Crippen LogP contribution in [0, 0.1) is 11.3 Å². The van der Waals surface area contributed by atoms with E-state index in [0.29, 0.717) is 0 Å². The first-order valence-corrected chi connectivity index (χ1v) is 6.42. The van der Waals surface area contributed by atoms with Gasteiger partial charge in [-0.05, 0) is 39.9 Å². The summed E-state index contributed by atoms with van der Waals surface area (Å²) < 4.78 is 0. The number of hydrogen-bond donors (Lipinski definition) is 1. The number of nitrogens with one attached hydrogen (secondary N) is 1. The second kappa shape index (κ2) is 8.55. The maximum Gasteiger partial charge on any atom is 0.116 e. The van der Waals surface area contributed by atoms with E-state index in [-0.39, 0.29) is 0 Å². The van der Waals surface area contributed by atoms with Gasteiger partial charge in [0.15, 0.2) is 0 Å². The van der Waals surface area contributed by atoms with E-state index in [4.69, 9.17) is 0 Å². The van der Waals surface area contributed by atoms with Crippen molar-refractivity contribution >= 4 is 0 Å².